The Kier molecular flexibility index (Phi) is 6.29. The summed E-state index contributed by atoms with van der Waals surface area (Å²) in [4.78, 5) is 20.6. The number of carbonyl (C=O) groups excluding carboxylic acids is 1. The van der Waals surface area contributed by atoms with Crippen molar-refractivity contribution in [1.82, 2.24) is 25.1 Å². The van der Waals surface area contributed by atoms with E-state index in [-0.39, 0.29) is 27.7 Å². The number of nitrogens with zero attached hydrogens (tertiary/aromatic N) is 4. The lowest BCUT2D eigenvalue weighted by Crippen LogP contribution is -2.25. The molecule has 3 rings (SSSR count). The molecule has 2 heterocycles. The van der Waals surface area contributed by atoms with E-state index in [1.165, 1.54) is 47.5 Å². The average molecular weight is 485 g/mol. The van der Waals surface area contributed by atoms with Crippen molar-refractivity contribution >= 4 is 43.1 Å². The number of amides is 1. The molecule has 0 aliphatic heterocycles. The van der Waals surface area contributed by atoms with Crippen molar-refractivity contribution in [2.45, 2.75) is 11.4 Å². The van der Waals surface area contributed by atoms with Gasteiger partial charge in [-0.1, -0.05) is 11.6 Å². The Morgan fingerprint density at radius 2 is 1.84 bits per heavy atom. The number of halogens is 1. The van der Waals surface area contributed by atoms with E-state index in [2.05, 4.69) is 25.1 Å². The van der Waals surface area contributed by atoms with Gasteiger partial charge in [-0.3, -0.25) is 9.52 Å². The Morgan fingerprint density at radius 1 is 1.10 bits per heavy atom. The lowest BCUT2D eigenvalue weighted by molar-refractivity contribution is 0.0949. The first-order valence-corrected chi connectivity index (χ1v) is 12.7. The first-order valence-electron chi connectivity index (χ1n) is 8.54. The van der Waals surface area contributed by atoms with E-state index in [4.69, 9.17) is 11.6 Å². The third-order valence-corrected chi connectivity index (χ3v) is 5.77. The van der Waals surface area contributed by atoms with E-state index in [9.17, 15) is 21.6 Å². The van der Waals surface area contributed by atoms with Crippen LogP contribution >= 0.6 is 11.6 Å². The van der Waals surface area contributed by atoms with Gasteiger partial charge in [0, 0.05) is 16.8 Å². The maximum absolute atomic E-state index is 12.5. The van der Waals surface area contributed by atoms with Gasteiger partial charge in [-0.05, 0) is 30.3 Å². The van der Waals surface area contributed by atoms with E-state index in [0.717, 1.165) is 12.5 Å². The Bertz CT molecular complexity index is 1340. The molecule has 0 saturated carbocycles. The molecule has 2 N–H and O–H groups in total. The number of rotatable bonds is 7. The maximum Gasteiger partial charge on any atom is 0.251 e. The molecule has 31 heavy (non-hydrogen) atoms. The predicted octanol–water partition coefficient (Wildman–Crippen LogP) is 1.02. The fourth-order valence-electron chi connectivity index (χ4n) is 2.53. The van der Waals surface area contributed by atoms with Gasteiger partial charge in [-0.2, -0.15) is 9.78 Å². The van der Waals surface area contributed by atoms with Gasteiger partial charge in [0.05, 0.1) is 29.6 Å². The summed E-state index contributed by atoms with van der Waals surface area (Å²) in [6.07, 6.45) is 4.64. The molecular weight excluding hydrogens is 468 g/mol. The summed E-state index contributed by atoms with van der Waals surface area (Å²) in [5.41, 5.74) is 0.358. The summed E-state index contributed by atoms with van der Waals surface area (Å²) >= 11 is 5.94. The molecule has 0 bridgehead atoms. The molecule has 0 spiro atoms. The van der Waals surface area contributed by atoms with Gasteiger partial charge < -0.3 is 5.32 Å². The average Bonchev–Trinajstić information content (AvgIpc) is 3.13. The molecule has 0 radical (unpaired) electrons. The summed E-state index contributed by atoms with van der Waals surface area (Å²) in [6.45, 7) is -0.0371. The highest BCUT2D eigenvalue weighted by molar-refractivity contribution is 7.92. The van der Waals surface area contributed by atoms with Crippen LogP contribution in [-0.2, 0) is 26.4 Å². The normalized spacial score (nSPS) is 11.8. The van der Waals surface area contributed by atoms with Crippen LogP contribution in [0.5, 0.6) is 0 Å². The Labute approximate surface area is 183 Å². The van der Waals surface area contributed by atoms with Crippen LogP contribution in [0.1, 0.15) is 16.2 Å². The fraction of sp³-hybridized carbons (Fsp3) is 0.176. The lowest BCUT2D eigenvalue weighted by Gasteiger charge is -2.09. The second-order valence-corrected chi connectivity index (χ2v) is 10.7. The number of carbonyl (C=O) groups is 1. The van der Waals surface area contributed by atoms with E-state index in [1.54, 1.807) is 0 Å². The number of sulfonamides is 1. The van der Waals surface area contributed by atoms with Crippen LogP contribution in [0.25, 0.3) is 5.82 Å². The minimum atomic E-state index is -3.54. The van der Waals surface area contributed by atoms with Gasteiger partial charge >= 0.3 is 0 Å². The Hall–Kier alpha value is -3.03. The van der Waals surface area contributed by atoms with Gasteiger partial charge in [0.1, 0.15) is 6.33 Å². The number of hydrogen-bond donors (Lipinski definition) is 2. The predicted molar refractivity (Wildman–Crippen MR) is 113 cm³/mol. The molecular formula is C17H17ClN6O5S2. The standard InChI is InChI=1S/C17H17ClN6O5S2/c1-30(26,27)14-6-11(5-12(18)7-14)17(25)20-9-16-21-10-22-24(16)15-4-3-13(8-19-15)23-31(2,28)29/h3-8,10,23H,9H2,1-2H3,(H,20,25). The summed E-state index contributed by atoms with van der Waals surface area (Å²) in [6, 6.07) is 6.88. The molecule has 0 aliphatic carbocycles. The molecule has 11 nitrogen and oxygen atoms in total. The van der Waals surface area contributed by atoms with Crippen LogP contribution in [0.2, 0.25) is 5.02 Å². The maximum atomic E-state index is 12.5. The molecule has 0 atom stereocenters. The molecule has 1 aromatic carbocycles. The smallest absolute Gasteiger partial charge is 0.251 e. The molecule has 0 aliphatic rings. The topological polar surface area (TPSA) is 153 Å². The number of aromatic nitrogens is 4. The van der Waals surface area contributed by atoms with Crippen molar-refractivity contribution < 1.29 is 21.6 Å². The third kappa shape index (κ3) is 5.99. The van der Waals surface area contributed by atoms with Crippen molar-refractivity contribution in [3.63, 3.8) is 0 Å². The molecule has 0 unspecified atom stereocenters. The minimum absolute atomic E-state index is 0.0371. The molecule has 0 saturated heterocycles. The largest absolute Gasteiger partial charge is 0.345 e. The van der Waals surface area contributed by atoms with Crippen molar-refractivity contribution in [2.24, 2.45) is 0 Å². The minimum Gasteiger partial charge on any atom is -0.345 e. The highest BCUT2D eigenvalue weighted by atomic mass is 35.5. The van der Waals surface area contributed by atoms with Crippen molar-refractivity contribution in [1.29, 1.82) is 0 Å². The summed E-state index contributed by atoms with van der Waals surface area (Å²) in [5, 5.41) is 6.79. The second kappa shape index (κ2) is 8.61. The van der Waals surface area contributed by atoms with Crippen LogP contribution < -0.4 is 10.0 Å². The molecule has 0 fully saturated rings. The molecule has 14 heteroatoms. The monoisotopic (exact) mass is 484 g/mol. The van der Waals surface area contributed by atoms with Crippen LogP contribution in [-0.4, -0.2) is 55.0 Å². The highest BCUT2D eigenvalue weighted by Gasteiger charge is 2.15. The van der Waals surface area contributed by atoms with E-state index in [0.29, 0.717) is 11.6 Å². The second-order valence-electron chi connectivity index (χ2n) is 6.50. The van der Waals surface area contributed by atoms with Crippen LogP contribution in [0.4, 0.5) is 5.69 Å². The van der Waals surface area contributed by atoms with E-state index >= 15 is 0 Å². The van der Waals surface area contributed by atoms with Crippen LogP contribution in [0, 0.1) is 0 Å². The zero-order valence-electron chi connectivity index (χ0n) is 16.3. The van der Waals surface area contributed by atoms with Gasteiger partial charge in [-0.25, -0.2) is 26.8 Å². The lowest BCUT2D eigenvalue weighted by atomic mass is 10.2. The number of pyridine rings is 1. The summed E-state index contributed by atoms with van der Waals surface area (Å²) in [7, 11) is -6.97. The molecule has 3 aromatic rings. The molecule has 2 aromatic heterocycles. The Balaban J connectivity index is 1.76. The first-order chi connectivity index (χ1) is 14.4. The fourth-order valence-corrected chi connectivity index (χ4v) is 4.06. The van der Waals surface area contributed by atoms with Gasteiger partial charge in [0.2, 0.25) is 10.0 Å². The summed E-state index contributed by atoms with van der Waals surface area (Å²) in [5.74, 6) is 0.139. The van der Waals surface area contributed by atoms with E-state index in [1.807, 2.05) is 0 Å². The van der Waals surface area contributed by atoms with Crippen LogP contribution in [0.15, 0.2) is 47.8 Å². The van der Waals surface area contributed by atoms with Crippen molar-refractivity contribution in [3.05, 3.63) is 59.3 Å². The number of benzene rings is 1. The van der Waals surface area contributed by atoms with Gasteiger partial charge in [0.15, 0.2) is 21.5 Å². The highest BCUT2D eigenvalue weighted by Crippen LogP contribution is 2.19. The molecule has 1 amide bonds. The summed E-state index contributed by atoms with van der Waals surface area (Å²) < 4.78 is 49.7. The number of nitrogens with one attached hydrogen (secondary N) is 2. The molecule has 164 valence electrons. The van der Waals surface area contributed by atoms with Gasteiger partial charge in [0.25, 0.3) is 5.91 Å². The zero-order valence-corrected chi connectivity index (χ0v) is 18.7. The van der Waals surface area contributed by atoms with E-state index < -0.39 is 25.8 Å². The van der Waals surface area contributed by atoms with Crippen molar-refractivity contribution in [2.75, 3.05) is 17.2 Å². The first kappa shape index (κ1) is 22.7. The third-order valence-electron chi connectivity index (χ3n) is 3.86. The van der Waals surface area contributed by atoms with Gasteiger partial charge in [-0.15, -0.1) is 0 Å². The Morgan fingerprint density at radius 3 is 2.45 bits per heavy atom. The number of hydrogen-bond acceptors (Lipinski definition) is 8. The van der Waals surface area contributed by atoms with Crippen molar-refractivity contribution in [3.8, 4) is 5.82 Å². The quantitative estimate of drug-likeness (QED) is 0.504. The number of anilines is 1. The van der Waals surface area contributed by atoms with Crippen LogP contribution in [0.3, 0.4) is 0 Å². The SMILES string of the molecule is CS(=O)(=O)Nc1ccc(-n2ncnc2CNC(=O)c2cc(Cl)cc(S(C)(=O)=O)c2)nc1. The zero-order chi connectivity index (χ0) is 22.8. The number of sulfone groups is 1.